The number of nitrogens with zero attached hydrogens (tertiary/aromatic N) is 1. The first-order valence-corrected chi connectivity index (χ1v) is 11.8. The maximum Gasteiger partial charge on any atom is 0.173 e. The highest BCUT2D eigenvalue weighted by Crippen LogP contribution is 2.41. The first kappa shape index (κ1) is 23.1. The van der Waals surface area contributed by atoms with Crippen LogP contribution in [0.5, 0.6) is 0 Å². The van der Waals surface area contributed by atoms with Crippen molar-refractivity contribution in [3.8, 4) is 6.07 Å². The number of carbonyl (C=O) groups is 2. The number of benzene rings is 2. The molecule has 0 saturated heterocycles. The topological polar surface area (TPSA) is 70.0 Å². The van der Waals surface area contributed by atoms with Gasteiger partial charge in [0.1, 0.15) is 0 Å². The van der Waals surface area contributed by atoms with Crippen molar-refractivity contribution in [2.45, 2.75) is 33.1 Å². The maximum absolute atomic E-state index is 12.7. The number of nitrogens with one attached hydrogen (secondary N) is 1. The average molecular weight is 495 g/mol. The van der Waals surface area contributed by atoms with Crippen LogP contribution in [-0.2, 0) is 11.2 Å². The van der Waals surface area contributed by atoms with E-state index in [0.29, 0.717) is 27.4 Å². The van der Waals surface area contributed by atoms with Crippen LogP contribution >= 0.6 is 27.7 Å². The molecule has 0 radical (unpaired) electrons. The maximum atomic E-state index is 12.7. The Labute approximate surface area is 195 Å². The lowest BCUT2D eigenvalue weighted by Crippen LogP contribution is -2.27. The van der Waals surface area contributed by atoms with E-state index in [2.05, 4.69) is 34.2 Å². The SMILES string of the molecule is CCc1ccc(C(=O)CSC2=C(C#N)C(c3ccc(Br)cc3)C(C(C)=O)=C(C)N2)cc1. The molecule has 3 rings (SSSR count). The number of carbonyl (C=O) groups excluding carboxylic acids is 2. The fourth-order valence-electron chi connectivity index (χ4n) is 3.63. The number of hydrogen-bond donors (Lipinski definition) is 1. The highest BCUT2D eigenvalue weighted by Gasteiger charge is 2.33. The Hall–Kier alpha value is -2.62. The van der Waals surface area contributed by atoms with Gasteiger partial charge in [0.25, 0.3) is 0 Å². The minimum atomic E-state index is -0.460. The summed E-state index contributed by atoms with van der Waals surface area (Å²) in [5, 5.41) is 13.8. The molecule has 1 unspecified atom stereocenters. The third-order valence-electron chi connectivity index (χ3n) is 5.26. The van der Waals surface area contributed by atoms with Crippen LogP contribution in [0.2, 0.25) is 0 Å². The fraction of sp³-hybridized carbons (Fsp3) is 0.240. The number of halogens is 1. The number of dihydropyridines is 1. The third kappa shape index (κ3) is 5.17. The molecular weight excluding hydrogens is 472 g/mol. The molecule has 158 valence electrons. The number of rotatable bonds is 7. The first-order valence-electron chi connectivity index (χ1n) is 9.99. The second-order valence-corrected chi connectivity index (χ2v) is 9.22. The summed E-state index contributed by atoms with van der Waals surface area (Å²) < 4.78 is 0.923. The normalized spacial score (nSPS) is 16.0. The van der Waals surface area contributed by atoms with Gasteiger partial charge in [-0.15, -0.1) is 0 Å². The molecule has 0 aromatic heterocycles. The molecule has 31 heavy (non-hydrogen) atoms. The second kappa shape index (κ2) is 10.1. The summed E-state index contributed by atoms with van der Waals surface area (Å²) in [7, 11) is 0. The van der Waals surface area contributed by atoms with Gasteiger partial charge in [-0.3, -0.25) is 9.59 Å². The van der Waals surface area contributed by atoms with Crippen molar-refractivity contribution in [3.63, 3.8) is 0 Å². The highest BCUT2D eigenvalue weighted by atomic mass is 79.9. The number of Topliss-reactive ketones (excluding diaryl/α,β-unsaturated/α-hetero) is 2. The number of aryl methyl sites for hydroxylation is 1. The van der Waals surface area contributed by atoms with Crippen LogP contribution in [0, 0.1) is 11.3 Å². The molecule has 2 aromatic rings. The van der Waals surface area contributed by atoms with Crippen molar-refractivity contribution in [2.75, 3.05) is 5.75 Å². The zero-order valence-electron chi connectivity index (χ0n) is 17.7. The molecule has 6 heteroatoms. The summed E-state index contributed by atoms with van der Waals surface area (Å²) >= 11 is 4.74. The van der Waals surface area contributed by atoms with Gasteiger partial charge in [0.2, 0.25) is 0 Å². The van der Waals surface area contributed by atoms with Crippen LogP contribution in [0.1, 0.15) is 48.2 Å². The van der Waals surface area contributed by atoms with Crippen LogP contribution in [-0.4, -0.2) is 17.3 Å². The van der Waals surface area contributed by atoms with E-state index in [9.17, 15) is 14.9 Å². The third-order valence-corrected chi connectivity index (χ3v) is 6.81. The summed E-state index contributed by atoms with van der Waals surface area (Å²) in [5.41, 5.74) is 4.44. The van der Waals surface area contributed by atoms with E-state index >= 15 is 0 Å². The molecule has 1 atom stereocenters. The van der Waals surface area contributed by atoms with E-state index < -0.39 is 5.92 Å². The Kier molecular flexibility index (Phi) is 7.53. The van der Waals surface area contributed by atoms with Gasteiger partial charge >= 0.3 is 0 Å². The average Bonchev–Trinajstić information content (AvgIpc) is 2.77. The van der Waals surface area contributed by atoms with Crippen molar-refractivity contribution >= 4 is 39.3 Å². The van der Waals surface area contributed by atoms with Gasteiger partial charge < -0.3 is 5.32 Å². The highest BCUT2D eigenvalue weighted by molar-refractivity contribution is 9.10. The largest absolute Gasteiger partial charge is 0.353 e. The summed E-state index contributed by atoms with van der Waals surface area (Å²) in [4.78, 5) is 25.1. The predicted octanol–water partition coefficient (Wildman–Crippen LogP) is 5.91. The van der Waals surface area contributed by atoms with Gasteiger partial charge in [0, 0.05) is 21.3 Å². The molecule has 0 amide bonds. The van der Waals surface area contributed by atoms with Gasteiger partial charge in [0.15, 0.2) is 11.6 Å². The van der Waals surface area contributed by atoms with E-state index in [0.717, 1.165) is 16.5 Å². The second-order valence-electron chi connectivity index (χ2n) is 7.32. The van der Waals surface area contributed by atoms with E-state index in [1.54, 1.807) is 0 Å². The molecule has 4 nitrogen and oxygen atoms in total. The van der Waals surface area contributed by atoms with Crippen LogP contribution in [0.3, 0.4) is 0 Å². The van der Waals surface area contributed by atoms with Crippen molar-refractivity contribution in [3.05, 3.63) is 91.6 Å². The predicted molar refractivity (Wildman–Crippen MR) is 129 cm³/mol. The van der Waals surface area contributed by atoms with Gasteiger partial charge in [-0.05, 0) is 43.5 Å². The molecule has 0 bridgehead atoms. The molecule has 1 heterocycles. The molecule has 0 spiro atoms. The molecule has 0 fully saturated rings. The lowest BCUT2D eigenvalue weighted by molar-refractivity contribution is -0.113. The van der Waals surface area contributed by atoms with Gasteiger partial charge in [-0.25, -0.2) is 0 Å². The molecule has 1 N–H and O–H groups in total. The van der Waals surface area contributed by atoms with Gasteiger partial charge in [0.05, 0.1) is 28.3 Å². The minimum Gasteiger partial charge on any atom is -0.353 e. The van der Waals surface area contributed by atoms with Crippen LogP contribution in [0.4, 0.5) is 0 Å². The number of hydrogen-bond acceptors (Lipinski definition) is 5. The molecular formula is C25H23BrN2O2S. The number of ketones is 2. The van der Waals surface area contributed by atoms with Crippen molar-refractivity contribution in [1.82, 2.24) is 5.32 Å². The minimum absolute atomic E-state index is 0.00145. The zero-order valence-corrected chi connectivity index (χ0v) is 20.1. The van der Waals surface area contributed by atoms with E-state index in [1.165, 1.54) is 24.2 Å². The first-order chi connectivity index (χ1) is 14.8. The van der Waals surface area contributed by atoms with E-state index in [-0.39, 0.29) is 17.3 Å². The standard InChI is InChI=1S/C25H23BrN2O2S/c1-4-17-5-7-18(8-6-17)22(30)14-31-25-21(13-27)24(19-9-11-20(26)12-10-19)23(16(3)29)15(2)28-25/h5-12,24,28H,4,14H2,1-3H3. The zero-order chi connectivity index (χ0) is 22.5. The number of allylic oxidation sites excluding steroid dienone is 3. The number of nitriles is 1. The van der Waals surface area contributed by atoms with Crippen LogP contribution < -0.4 is 5.32 Å². The molecule has 1 aliphatic heterocycles. The molecule has 1 aliphatic rings. The van der Waals surface area contributed by atoms with Gasteiger partial charge in [-0.1, -0.05) is 71.0 Å². The Bertz CT molecular complexity index is 1110. The van der Waals surface area contributed by atoms with Crippen molar-refractivity contribution < 1.29 is 9.59 Å². The van der Waals surface area contributed by atoms with Crippen molar-refractivity contribution in [1.29, 1.82) is 5.26 Å². The molecule has 2 aromatic carbocycles. The lowest BCUT2D eigenvalue weighted by Gasteiger charge is -2.29. The van der Waals surface area contributed by atoms with Crippen molar-refractivity contribution in [2.24, 2.45) is 0 Å². The Morgan fingerprint density at radius 2 is 1.77 bits per heavy atom. The molecule has 0 aliphatic carbocycles. The lowest BCUT2D eigenvalue weighted by atomic mass is 9.81. The monoisotopic (exact) mass is 494 g/mol. The summed E-state index contributed by atoms with van der Waals surface area (Å²) in [5.74, 6) is -0.340. The summed E-state index contributed by atoms with van der Waals surface area (Å²) in [6.45, 7) is 5.43. The van der Waals surface area contributed by atoms with E-state index in [4.69, 9.17) is 0 Å². The van der Waals surface area contributed by atoms with Crippen LogP contribution in [0.25, 0.3) is 0 Å². The van der Waals surface area contributed by atoms with Crippen LogP contribution in [0.15, 0.2) is 74.9 Å². The fourth-order valence-corrected chi connectivity index (χ4v) is 4.88. The number of thioether (sulfide) groups is 1. The Morgan fingerprint density at radius 1 is 1.13 bits per heavy atom. The Morgan fingerprint density at radius 3 is 2.32 bits per heavy atom. The van der Waals surface area contributed by atoms with Gasteiger partial charge in [-0.2, -0.15) is 5.26 Å². The Balaban J connectivity index is 1.91. The smallest absolute Gasteiger partial charge is 0.173 e. The summed E-state index contributed by atoms with van der Waals surface area (Å²) in [6.07, 6.45) is 0.924. The van der Waals surface area contributed by atoms with E-state index in [1.807, 2.05) is 55.5 Å². The quantitative estimate of drug-likeness (QED) is 0.484. The summed E-state index contributed by atoms with van der Waals surface area (Å²) in [6, 6.07) is 17.5. The molecule has 0 saturated carbocycles.